The van der Waals surface area contributed by atoms with Crippen molar-refractivity contribution in [3.05, 3.63) is 100 Å². The van der Waals surface area contributed by atoms with Crippen molar-refractivity contribution in [1.82, 2.24) is 14.5 Å². The van der Waals surface area contributed by atoms with E-state index in [9.17, 15) is 14.9 Å². The lowest BCUT2D eigenvalue weighted by Gasteiger charge is -2.37. The average molecular weight is 462 g/mol. The maximum Gasteiger partial charge on any atom is 0.283 e. The molecule has 1 aliphatic rings. The monoisotopic (exact) mass is 461 g/mol. The standard InChI is InChI=1S/C23H19N5O4S/c1-26-11-10-24-23(26)33-20-9-8-15(13-19(20)28(30)31)21-25-18-7-3-2-6-17(18)22(29)27(21)14-16-5-4-12-32-16/h2-13,21,25H,14H2,1H3/t21-/m1/s1. The van der Waals surface area contributed by atoms with Gasteiger partial charge in [-0.25, -0.2) is 4.98 Å². The van der Waals surface area contributed by atoms with Crippen LogP contribution in [0.5, 0.6) is 0 Å². The molecular weight excluding hydrogens is 442 g/mol. The number of imidazole rings is 1. The Morgan fingerprint density at radius 2 is 2.06 bits per heavy atom. The van der Waals surface area contributed by atoms with Crippen LogP contribution in [0.4, 0.5) is 11.4 Å². The highest BCUT2D eigenvalue weighted by Crippen LogP contribution is 2.39. The van der Waals surface area contributed by atoms with Crippen molar-refractivity contribution in [2.24, 2.45) is 7.05 Å². The van der Waals surface area contributed by atoms with Crippen molar-refractivity contribution >= 4 is 29.0 Å². The zero-order valence-corrected chi connectivity index (χ0v) is 18.4. The third-order valence-corrected chi connectivity index (χ3v) is 6.54. The number of hydrogen-bond donors (Lipinski definition) is 1. The van der Waals surface area contributed by atoms with E-state index in [0.29, 0.717) is 32.6 Å². The molecule has 0 unspecified atom stereocenters. The highest BCUT2D eigenvalue weighted by atomic mass is 32.2. The predicted molar refractivity (Wildman–Crippen MR) is 122 cm³/mol. The number of benzene rings is 2. The van der Waals surface area contributed by atoms with Crippen LogP contribution in [0.25, 0.3) is 0 Å². The number of hydrogen-bond acceptors (Lipinski definition) is 7. The van der Waals surface area contributed by atoms with E-state index in [1.54, 1.807) is 64.5 Å². The van der Waals surface area contributed by atoms with Crippen LogP contribution in [0.2, 0.25) is 0 Å². The quantitative estimate of drug-likeness (QED) is 0.323. The fourth-order valence-corrected chi connectivity index (χ4v) is 4.66. The van der Waals surface area contributed by atoms with Crippen molar-refractivity contribution in [1.29, 1.82) is 0 Å². The molecule has 0 aliphatic carbocycles. The molecule has 3 heterocycles. The molecule has 0 radical (unpaired) electrons. The summed E-state index contributed by atoms with van der Waals surface area (Å²) < 4.78 is 7.26. The van der Waals surface area contributed by atoms with Crippen LogP contribution >= 0.6 is 11.8 Å². The first-order valence-corrected chi connectivity index (χ1v) is 11.0. The lowest BCUT2D eigenvalue weighted by atomic mass is 10.0. The van der Waals surface area contributed by atoms with Crippen LogP contribution in [-0.2, 0) is 13.6 Å². The van der Waals surface area contributed by atoms with E-state index >= 15 is 0 Å². The van der Waals surface area contributed by atoms with Crippen LogP contribution in [0.1, 0.15) is 27.8 Å². The molecule has 0 saturated heterocycles. The second-order valence-electron chi connectivity index (χ2n) is 7.51. The summed E-state index contributed by atoms with van der Waals surface area (Å²) in [6.07, 6.45) is 4.37. The van der Waals surface area contributed by atoms with Crippen molar-refractivity contribution in [2.75, 3.05) is 5.32 Å². The Kier molecular flexibility index (Phi) is 5.35. The summed E-state index contributed by atoms with van der Waals surface area (Å²) in [5, 5.41) is 15.9. The third kappa shape index (κ3) is 3.96. The van der Waals surface area contributed by atoms with E-state index < -0.39 is 11.1 Å². The number of fused-ring (bicyclic) bond motifs is 1. The van der Waals surface area contributed by atoms with E-state index in [-0.39, 0.29) is 18.1 Å². The number of anilines is 1. The Balaban J connectivity index is 1.55. The lowest BCUT2D eigenvalue weighted by Crippen LogP contribution is -2.42. The Hall–Kier alpha value is -4.05. The molecular formula is C23H19N5O4S. The minimum atomic E-state index is -0.608. The number of carbonyl (C=O) groups excluding carboxylic acids is 1. The van der Waals surface area contributed by atoms with Crippen molar-refractivity contribution < 1.29 is 14.1 Å². The first-order chi connectivity index (χ1) is 16.0. The number of amides is 1. The van der Waals surface area contributed by atoms with Crippen molar-refractivity contribution in [3.8, 4) is 0 Å². The van der Waals surface area contributed by atoms with Gasteiger partial charge in [-0.2, -0.15) is 0 Å². The number of rotatable bonds is 6. The smallest absolute Gasteiger partial charge is 0.283 e. The fraction of sp³-hybridized carbons (Fsp3) is 0.130. The topological polar surface area (TPSA) is 106 Å². The van der Waals surface area contributed by atoms with Gasteiger partial charge in [-0.1, -0.05) is 18.2 Å². The van der Waals surface area contributed by atoms with E-state index in [4.69, 9.17) is 4.42 Å². The number of nitrogens with one attached hydrogen (secondary N) is 1. The molecule has 1 N–H and O–H groups in total. The summed E-state index contributed by atoms with van der Waals surface area (Å²) in [4.78, 5) is 31.2. The van der Waals surface area contributed by atoms with Gasteiger partial charge in [0, 0.05) is 36.8 Å². The molecule has 10 heteroatoms. The largest absolute Gasteiger partial charge is 0.467 e. The zero-order chi connectivity index (χ0) is 22.9. The van der Waals surface area contributed by atoms with E-state index in [0.717, 1.165) is 0 Å². The molecule has 2 aromatic carbocycles. The maximum atomic E-state index is 13.4. The lowest BCUT2D eigenvalue weighted by molar-refractivity contribution is -0.387. The summed E-state index contributed by atoms with van der Waals surface area (Å²) in [5.74, 6) is 0.436. The van der Waals surface area contributed by atoms with Crippen LogP contribution in [0.15, 0.2) is 87.7 Å². The maximum absolute atomic E-state index is 13.4. The molecule has 33 heavy (non-hydrogen) atoms. The number of aryl methyl sites for hydroxylation is 1. The summed E-state index contributed by atoms with van der Waals surface area (Å²) in [7, 11) is 1.83. The Morgan fingerprint density at radius 3 is 2.79 bits per heavy atom. The minimum absolute atomic E-state index is 0.0495. The number of carbonyl (C=O) groups is 1. The van der Waals surface area contributed by atoms with Gasteiger partial charge in [0.25, 0.3) is 11.6 Å². The number of nitro benzene ring substituents is 1. The van der Waals surface area contributed by atoms with Crippen LogP contribution in [-0.4, -0.2) is 25.3 Å². The molecule has 5 rings (SSSR count). The molecule has 166 valence electrons. The van der Waals surface area contributed by atoms with E-state index in [1.807, 2.05) is 19.2 Å². The highest BCUT2D eigenvalue weighted by molar-refractivity contribution is 7.99. The van der Waals surface area contributed by atoms with Gasteiger partial charge >= 0.3 is 0 Å². The Morgan fingerprint density at radius 1 is 1.21 bits per heavy atom. The number of para-hydroxylation sites is 1. The minimum Gasteiger partial charge on any atom is -0.467 e. The van der Waals surface area contributed by atoms with Crippen molar-refractivity contribution in [3.63, 3.8) is 0 Å². The predicted octanol–water partition coefficient (Wildman–Crippen LogP) is 4.84. The highest BCUT2D eigenvalue weighted by Gasteiger charge is 2.34. The Bertz CT molecular complexity index is 1330. The SMILES string of the molecule is Cn1ccnc1Sc1ccc([C@@H]2Nc3ccccc3C(=O)N2Cc2ccco2)cc1[N+](=O)[O-]. The third-order valence-electron chi connectivity index (χ3n) is 5.40. The fourth-order valence-electron chi connectivity index (χ4n) is 3.77. The molecule has 1 aliphatic heterocycles. The molecule has 0 bridgehead atoms. The van der Waals surface area contributed by atoms with Crippen molar-refractivity contribution in [2.45, 2.75) is 22.8 Å². The van der Waals surface area contributed by atoms with Gasteiger partial charge < -0.3 is 19.2 Å². The molecule has 4 aromatic rings. The van der Waals surface area contributed by atoms with Gasteiger partial charge in [0.1, 0.15) is 11.9 Å². The van der Waals surface area contributed by atoms with Gasteiger partial charge in [0.05, 0.1) is 28.2 Å². The number of furan rings is 1. The number of nitro groups is 1. The summed E-state index contributed by atoms with van der Waals surface area (Å²) in [6.45, 7) is 0.218. The first kappa shape index (κ1) is 20.8. The van der Waals surface area contributed by atoms with E-state index in [2.05, 4.69) is 10.3 Å². The molecule has 0 spiro atoms. The Labute approximate surface area is 193 Å². The van der Waals surface area contributed by atoms with Crippen LogP contribution in [0.3, 0.4) is 0 Å². The number of nitrogens with zero attached hydrogens (tertiary/aromatic N) is 4. The van der Waals surface area contributed by atoms with E-state index in [1.165, 1.54) is 17.8 Å². The molecule has 9 nitrogen and oxygen atoms in total. The summed E-state index contributed by atoms with van der Waals surface area (Å²) >= 11 is 1.22. The van der Waals surface area contributed by atoms with Gasteiger partial charge in [-0.3, -0.25) is 14.9 Å². The second-order valence-corrected chi connectivity index (χ2v) is 8.52. The van der Waals surface area contributed by atoms with Gasteiger partial charge in [-0.15, -0.1) is 0 Å². The summed E-state index contributed by atoms with van der Waals surface area (Å²) in [5.41, 5.74) is 1.76. The molecule has 2 aromatic heterocycles. The first-order valence-electron chi connectivity index (χ1n) is 10.1. The average Bonchev–Trinajstić information content (AvgIpc) is 3.48. The van der Waals surface area contributed by atoms with Gasteiger partial charge in [0.2, 0.25) is 0 Å². The van der Waals surface area contributed by atoms with Gasteiger partial charge in [0.15, 0.2) is 5.16 Å². The zero-order valence-electron chi connectivity index (χ0n) is 17.5. The second kappa shape index (κ2) is 8.47. The van der Waals surface area contributed by atoms with Crippen LogP contribution < -0.4 is 5.32 Å². The molecule has 1 amide bonds. The van der Waals surface area contributed by atoms with Crippen LogP contribution in [0, 0.1) is 10.1 Å². The van der Waals surface area contributed by atoms with Gasteiger partial charge in [-0.05, 0) is 42.1 Å². The normalized spacial score (nSPS) is 15.2. The number of aromatic nitrogens is 2. The summed E-state index contributed by atoms with van der Waals surface area (Å²) in [6, 6.07) is 15.8. The molecule has 0 fully saturated rings. The molecule has 0 saturated carbocycles. The molecule has 1 atom stereocenters.